The Hall–Kier alpha value is -4.34. The Morgan fingerprint density at radius 1 is 1.08 bits per heavy atom. The number of carbonyl (C=O) groups excluding carboxylic acids is 1. The third-order valence-corrected chi connectivity index (χ3v) is 9.28. The standard InChI is InChI=1S/C33H26N4OS/c1-32(20-33(34-2)27-12-5-3-10-25(27)29(32)26-11-4-6-13-28(26)33)30(38)37-31-36-24(19-39-31)17-21-8-7-9-22(16-21)23-14-15-35-18-23/h3-14,16,18-19,29H,15,17,20H2,1H3,(H,36,37,38). The predicted molar refractivity (Wildman–Crippen MR) is 156 cm³/mol. The van der Waals surface area contributed by atoms with Gasteiger partial charge in [-0.05, 0) is 34.8 Å². The first-order chi connectivity index (χ1) is 19.0. The molecule has 5 nitrogen and oxygen atoms in total. The zero-order valence-electron chi connectivity index (χ0n) is 21.5. The second-order valence-corrected chi connectivity index (χ2v) is 11.7. The van der Waals surface area contributed by atoms with E-state index < -0.39 is 11.0 Å². The number of anilines is 1. The number of aliphatic imine (C=N–C) groups is 1. The molecule has 0 spiro atoms. The zero-order valence-corrected chi connectivity index (χ0v) is 22.3. The third kappa shape index (κ3) is 3.61. The van der Waals surface area contributed by atoms with Crippen molar-refractivity contribution >= 4 is 34.2 Å². The van der Waals surface area contributed by atoms with Crippen LogP contribution in [0.4, 0.5) is 5.13 Å². The normalized spacial score (nSPS) is 24.0. The van der Waals surface area contributed by atoms with Gasteiger partial charge in [0.25, 0.3) is 5.54 Å². The van der Waals surface area contributed by atoms with Gasteiger partial charge in [0.05, 0.1) is 17.7 Å². The van der Waals surface area contributed by atoms with Gasteiger partial charge < -0.3 is 5.32 Å². The quantitative estimate of drug-likeness (QED) is 0.289. The monoisotopic (exact) mass is 526 g/mol. The molecule has 0 radical (unpaired) electrons. The maximum absolute atomic E-state index is 14.1. The van der Waals surface area contributed by atoms with Crippen LogP contribution < -0.4 is 5.32 Å². The van der Waals surface area contributed by atoms with E-state index in [1.165, 1.54) is 16.9 Å². The molecule has 2 heterocycles. The number of hydrogen-bond donors (Lipinski definition) is 1. The van der Waals surface area contributed by atoms with Crippen molar-refractivity contribution < 1.29 is 4.79 Å². The van der Waals surface area contributed by atoms with E-state index in [-0.39, 0.29) is 11.8 Å². The number of fused-ring (bicyclic) bond motifs is 1. The van der Waals surface area contributed by atoms with Gasteiger partial charge in [-0.1, -0.05) is 78.9 Å². The molecule has 0 fully saturated rings. The fraction of sp³-hybridized carbons (Fsp3) is 0.212. The summed E-state index contributed by atoms with van der Waals surface area (Å²) in [5, 5.41) is 5.75. The van der Waals surface area contributed by atoms with Gasteiger partial charge in [0.15, 0.2) is 5.13 Å². The van der Waals surface area contributed by atoms with Gasteiger partial charge in [0, 0.05) is 41.5 Å². The Bertz CT molecular complexity index is 1690. The highest BCUT2D eigenvalue weighted by molar-refractivity contribution is 7.13. The van der Waals surface area contributed by atoms with Crippen LogP contribution in [-0.4, -0.2) is 23.7 Å². The molecule has 8 rings (SSSR count). The Balaban J connectivity index is 1.17. The molecule has 190 valence electrons. The Morgan fingerprint density at radius 2 is 1.82 bits per heavy atom. The lowest BCUT2D eigenvalue weighted by molar-refractivity contribution is -0.127. The van der Waals surface area contributed by atoms with Crippen LogP contribution in [0.5, 0.6) is 0 Å². The molecular formula is C33H26N4OS. The SMILES string of the molecule is [C-]#[N+]C12CC(C)(C(=O)Nc3nc(Cc4cccc(C5=CCN=C5)c4)cs3)C(c3ccccc31)c1ccccc12. The maximum atomic E-state index is 14.1. The van der Waals surface area contributed by atoms with Crippen molar-refractivity contribution in [1.29, 1.82) is 0 Å². The summed E-state index contributed by atoms with van der Waals surface area (Å²) in [6, 6.07) is 24.8. The van der Waals surface area contributed by atoms with Gasteiger partial charge in [-0.25, -0.2) is 11.6 Å². The van der Waals surface area contributed by atoms with Crippen molar-refractivity contribution in [2.75, 3.05) is 11.9 Å². The van der Waals surface area contributed by atoms with Gasteiger partial charge in [0.1, 0.15) is 0 Å². The fourth-order valence-electron chi connectivity index (χ4n) is 6.75. The molecule has 1 amide bonds. The summed E-state index contributed by atoms with van der Waals surface area (Å²) in [7, 11) is 0. The molecule has 1 atom stereocenters. The molecule has 2 bridgehead atoms. The number of hydrogen-bond acceptors (Lipinski definition) is 4. The predicted octanol–water partition coefficient (Wildman–Crippen LogP) is 6.86. The molecule has 1 aliphatic heterocycles. The number of rotatable bonds is 5. The molecule has 0 saturated heterocycles. The minimum Gasteiger partial charge on any atom is -0.301 e. The Kier molecular flexibility index (Phi) is 5.40. The second kappa shape index (κ2) is 8.86. The zero-order chi connectivity index (χ0) is 26.6. The lowest BCUT2D eigenvalue weighted by atomic mass is 9.49. The highest BCUT2D eigenvalue weighted by atomic mass is 32.1. The van der Waals surface area contributed by atoms with Gasteiger partial charge >= 0.3 is 0 Å². The number of nitrogens with one attached hydrogen (secondary N) is 1. The summed E-state index contributed by atoms with van der Waals surface area (Å²) in [4.78, 5) is 27.4. The first kappa shape index (κ1) is 23.8. The number of nitrogens with zero attached hydrogens (tertiary/aromatic N) is 3. The Morgan fingerprint density at radius 3 is 2.51 bits per heavy atom. The first-order valence-corrected chi connectivity index (χ1v) is 14.0. The smallest absolute Gasteiger partial charge is 0.284 e. The highest BCUT2D eigenvalue weighted by Crippen LogP contribution is 2.64. The molecule has 39 heavy (non-hydrogen) atoms. The molecule has 3 aromatic carbocycles. The minimum atomic E-state index is -0.869. The maximum Gasteiger partial charge on any atom is 0.284 e. The van der Waals surface area contributed by atoms with Gasteiger partial charge in [-0.2, -0.15) is 0 Å². The van der Waals surface area contributed by atoms with E-state index in [4.69, 9.17) is 11.6 Å². The van der Waals surface area contributed by atoms with E-state index >= 15 is 0 Å². The summed E-state index contributed by atoms with van der Waals surface area (Å²) < 4.78 is 0. The molecule has 0 saturated carbocycles. The molecular weight excluding hydrogens is 500 g/mol. The lowest BCUT2D eigenvalue weighted by Gasteiger charge is -2.51. The first-order valence-electron chi connectivity index (χ1n) is 13.1. The minimum absolute atomic E-state index is 0.0834. The summed E-state index contributed by atoms with van der Waals surface area (Å²) in [5.41, 5.74) is 6.98. The van der Waals surface area contributed by atoms with Crippen molar-refractivity contribution in [3.63, 3.8) is 0 Å². The number of aromatic nitrogens is 1. The summed E-state index contributed by atoms with van der Waals surface area (Å²) in [6.45, 7) is 11.1. The van der Waals surface area contributed by atoms with Crippen molar-refractivity contribution in [3.05, 3.63) is 135 Å². The third-order valence-electron chi connectivity index (χ3n) is 8.47. The molecule has 6 heteroatoms. The van der Waals surface area contributed by atoms with E-state index in [1.807, 2.05) is 42.8 Å². The summed E-state index contributed by atoms with van der Waals surface area (Å²) in [5.74, 6) is -0.205. The summed E-state index contributed by atoms with van der Waals surface area (Å²) >= 11 is 1.45. The van der Waals surface area contributed by atoms with Crippen molar-refractivity contribution in [1.82, 2.24) is 4.98 Å². The van der Waals surface area contributed by atoms with Crippen molar-refractivity contribution in [3.8, 4) is 0 Å². The van der Waals surface area contributed by atoms with Crippen LogP contribution in [0.2, 0.25) is 0 Å². The van der Waals surface area contributed by atoms with Crippen LogP contribution in [0, 0.1) is 12.0 Å². The van der Waals surface area contributed by atoms with E-state index in [9.17, 15) is 4.79 Å². The molecule has 1 aromatic heterocycles. The largest absolute Gasteiger partial charge is 0.301 e. The number of amides is 1. The average molecular weight is 527 g/mol. The molecule has 4 aromatic rings. The second-order valence-electron chi connectivity index (χ2n) is 10.8. The van der Waals surface area contributed by atoms with Gasteiger partial charge in [0.2, 0.25) is 5.91 Å². The van der Waals surface area contributed by atoms with E-state index in [0.29, 0.717) is 18.0 Å². The van der Waals surface area contributed by atoms with Crippen LogP contribution in [0.3, 0.4) is 0 Å². The molecule has 4 aliphatic rings. The van der Waals surface area contributed by atoms with Crippen LogP contribution in [0.1, 0.15) is 58.3 Å². The lowest BCUT2D eigenvalue weighted by Crippen LogP contribution is -2.53. The van der Waals surface area contributed by atoms with Crippen LogP contribution >= 0.6 is 11.3 Å². The topological polar surface area (TPSA) is 58.7 Å². The number of benzene rings is 3. The van der Waals surface area contributed by atoms with Crippen molar-refractivity contribution in [2.24, 2.45) is 10.4 Å². The van der Waals surface area contributed by atoms with Gasteiger partial charge in [-0.3, -0.25) is 14.6 Å². The number of allylic oxidation sites excluding steroid dienone is 1. The molecule has 1 unspecified atom stereocenters. The highest BCUT2D eigenvalue weighted by Gasteiger charge is 2.64. The van der Waals surface area contributed by atoms with Crippen LogP contribution in [0.25, 0.3) is 10.4 Å². The van der Waals surface area contributed by atoms with Crippen molar-refractivity contribution in [2.45, 2.75) is 31.2 Å². The fourth-order valence-corrected chi connectivity index (χ4v) is 7.45. The van der Waals surface area contributed by atoms with E-state index in [1.54, 1.807) is 0 Å². The van der Waals surface area contributed by atoms with E-state index in [2.05, 4.69) is 69.8 Å². The van der Waals surface area contributed by atoms with Crippen LogP contribution in [-0.2, 0) is 16.8 Å². The Labute approximate surface area is 231 Å². The molecule has 3 aliphatic carbocycles. The summed E-state index contributed by atoms with van der Waals surface area (Å²) in [6.07, 6.45) is 5.18. The molecule has 1 N–H and O–H groups in total. The van der Waals surface area contributed by atoms with Crippen LogP contribution in [0.15, 0.2) is 89.2 Å². The van der Waals surface area contributed by atoms with E-state index in [0.717, 1.165) is 45.6 Å². The number of carbonyl (C=O) groups is 1. The van der Waals surface area contributed by atoms with Gasteiger partial charge in [-0.15, -0.1) is 11.3 Å². The average Bonchev–Trinajstić information content (AvgIpc) is 3.66. The number of thiazole rings is 1.